The number of rotatable bonds is 15. The van der Waals surface area contributed by atoms with Gasteiger partial charge in [0.05, 0.1) is 31.5 Å². The lowest BCUT2D eigenvalue weighted by molar-refractivity contribution is -0.291. The predicted molar refractivity (Wildman–Crippen MR) is 209 cm³/mol. The van der Waals surface area contributed by atoms with Gasteiger partial charge in [0, 0.05) is 54.7 Å². The molecule has 5 aliphatic rings. The van der Waals surface area contributed by atoms with E-state index in [1.165, 1.54) is 7.11 Å². The van der Waals surface area contributed by atoms with Crippen LogP contribution in [0.4, 0.5) is 0 Å². The Morgan fingerprint density at radius 2 is 1.83 bits per heavy atom. The van der Waals surface area contributed by atoms with Gasteiger partial charge in [-0.15, -0.1) is 0 Å². The normalized spacial score (nSPS) is 26.4. The van der Waals surface area contributed by atoms with Gasteiger partial charge in [0.15, 0.2) is 17.6 Å². The molecule has 60 heavy (non-hydrogen) atoms. The van der Waals surface area contributed by atoms with Gasteiger partial charge in [-0.25, -0.2) is 0 Å². The molecule has 1 saturated heterocycles. The monoisotopic (exact) mass is 830 g/mol. The highest BCUT2D eigenvalue weighted by molar-refractivity contribution is 5.90. The maximum Gasteiger partial charge on any atom is 0.317 e. The third-order valence-corrected chi connectivity index (χ3v) is 11.0. The molecule has 3 aromatic rings. The second kappa shape index (κ2) is 17.1. The number of carboxylic acid groups (broad SMARTS) is 1. The summed E-state index contributed by atoms with van der Waals surface area (Å²) in [5, 5.41) is 51.8. The topological polar surface area (TPSA) is 268 Å². The van der Waals surface area contributed by atoms with Crippen molar-refractivity contribution in [2.45, 2.75) is 80.5 Å². The first-order chi connectivity index (χ1) is 28.9. The number of aliphatic imine (C=N–C) groups is 1. The van der Waals surface area contributed by atoms with Crippen molar-refractivity contribution in [3.63, 3.8) is 0 Å². The first kappa shape index (κ1) is 41.0. The van der Waals surface area contributed by atoms with Gasteiger partial charge in [0.25, 0.3) is 0 Å². The third kappa shape index (κ3) is 7.97. The molecule has 8 rings (SSSR count). The van der Waals surface area contributed by atoms with Crippen LogP contribution in [0.25, 0.3) is 0 Å². The number of hydrogen-bond acceptors (Lipinski definition) is 17. The number of esters is 1. The van der Waals surface area contributed by atoms with E-state index in [4.69, 9.17) is 49.7 Å². The van der Waals surface area contributed by atoms with E-state index in [1.807, 2.05) is 48.7 Å². The number of ether oxygens (including phenoxy) is 7. The van der Waals surface area contributed by atoms with Crippen molar-refractivity contribution in [2.24, 2.45) is 16.5 Å². The number of aliphatic hydroxyl groups excluding tert-OH is 4. The molecule has 5 aliphatic heterocycles. The lowest BCUT2D eigenvalue weighted by Gasteiger charge is -2.43. The largest absolute Gasteiger partial charge is 0.493 e. The summed E-state index contributed by atoms with van der Waals surface area (Å²) in [6, 6.07) is 16.9. The molecule has 0 aliphatic carbocycles. The van der Waals surface area contributed by atoms with Gasteiger partial charge < -0.3 is 75.1 Å². The van der Waals surface area contributed by atoms with E-state index in [1.54, 1.807) is 24.4 Å². The standard InChI is InChI=1S/C42H46N4O14/c1-54-26-8-7-24-32-27(13-20-5-3-2-4-6-20)57-28-15-23(56-42-35(53)33(51)34(52)39(60-42)40(41(43)44)58-30(50)16-29(48)49)14-22(18-46-17-21-9-10-45-25(21)19-46)31(28)38(32)59-36(24)37(26)55-12-11-47/h2-10,14-15,19,27,32-35,38-42,47,51-53H,11-13,16-18,43-44H2,1H3,(H,48,49)/t27-,32+,33-,34-,35+,38-,39-,40-,42+/m0/s1. The molecule has 0 saturated carbocycles. The molecule has 0 amide bonds. The molecule has 18 heteroatoms. The summed E-state index contributed by atoms with van der Waals surface area (Å²) in [6.45, 7) is 0.664. The average molecular weight is 831 g/mol. The molecule has 0 aromatic heterocycles. The van der Waals surface area contributed by atoms with Crippen molar-refractivity contribution in [1.29, 1.82) is 0 Å². The number of nitrogens with two attached hydrogens (primary N) is 2. The van der Waals surface area contributed by atoms with Crippen molar-refractivity contribution >= 4 is 18.2 Å². The smallest absolute Gasteiger partial charge is 0.317 e. The van der Waals surface area contributed by atoms with Crippen molar-refractivity contribution in [3.05, 3.63) is 100 Å². The fourth-order valence-corrected chi connectivity index (χ4v) is 8.35. The van der Waals surface area contributed by atoms with Crippen LogP contribution < -0.4 is 35.2 Å². The number of aliphatic hydroxyl groups is 4. The van der Waals surface area contributed by atoms with Crippen LogP contribution in [-0.4, -0.2) is 125 Å². The van der Waals surface area contributed by atoms with Crippen LogP contribution >= 0.6 is 0 Å². The van der Waals surface area contributed by atoms with Crippen molar-refractivity contribution in [1.82, 2.24) is 4.90 Å². The quantitative estimate of drug-likeness (QED) is 0.0633. The van der Waals surface area contributed by atoms with Crippen LogP contribution in [0.2, 0.25) is 0 Å². The molecule has 0 spiro atoms. The highest BCUT2D eigenvalue weighted by Crippen LogP contribution is 2.59. The second-order valence-electron chi connectivity index (χ2n) is 15.0. The predicted octanol–water partition coefficient (Wildman–Crippen LogP) is 0.772. The molecule has 0 radical (unpaired) electrons. The molecule has 9 atom stereocenters. The van der Waals surface area contributed by atoms with Crippen molar-refractivity contribution in [2.75, 3.05) is 26.9 Å². The highest BCUT2D eigenvalue weighted by Gasteiger charge is 2.52. The van der Waals surface area contributed by atoms with Crippen LogP contribution in [0.5, 0.6) is 28.7 Å². The molecule has 18 nitrogen and oxygen atoms in total. The molecular weight excluding hydrogens is 784 g/mol. The van der Waals surface area contributed by atoms with Crippen LogP contribution in [-0.2, 0) is 32.0 Å². The number of nitrogens with zero attached hydrogens (tertiary/aromatic N) is 2. The minimum atomic E-state index is -1.90. The summed E-state index contributed by atoms with van der Waals surface area (Å²) in [4.78, 5) is 30.0. The Hall–Kier alpha value is -5.73. The number of carbonyl (C=O) groups is 2. The zero-order chi connectivity index (χ0) is 42.2. The zero-order valence-electron chi connectivity index (χ0n) is 32.4. The van der Waals surface area contributed by atoms with E-state index in [0.717, 1.165) is 22.4 Å². The van der Waals surface area contributed by atoms with E-state index in [0.29, 0.717) is 53.6 Å². The fraction of sp³-hybridized carbons (Fsp3) is 0.405. The molecule has 318 valence electrons. The summed E-state index contributed by atoms with van der Waals surface area (Å²) >= 11 is 0. The summed E-state index contributed by atoms with van der Waals surface area (Å²) in [5.74, 6) is -1.25. The summed E-state index contributed by atoms with van der Waals surface area (Å²) in [6.07, 6.45) is -8.09. The lowest BCUT2D eigenvalue weighted by atomic mass is 9.80. The Balaban J connectivity index is 1.19. The van der Waals surface area contributed by atoms with Crippen molar-refractivity contribution < 1.29 is 68.3 Å². The lowest BCUT2D eigenvalue weighted by Crippen LogP contribution is -2.66. The Morgan fingerprint density at radius 3 is 2.55 bits per heavy atom. The SMILES string of the molecule is COc1ccc2c(c1OCCO)O[C@H]1c3c(CN4C=C5N=CC=C5C4)cc(O[C@@H]4O[C@H]([C@H](OC(=O)CC(=O)O)C(N)N)[C@@H](O)[C@H](O)[C@H]4O)cc3O[C@@H](Cc3ccccc3)[C@@H]21. The second-order valence-corrected chi connectivity index (χ2v) is 15.0. The van der Waals surface area contributed by atoms with Crippen LogP contribution in [0.15, 0.2) is 83.1 Å². The van der Waals surface area contributed by atoms with Crippen LogP contribution in [0.1, 0.15) is 40.7 Å². The number of methoxy groups -OCH3 is 1. The van der Waals surface area contributed by atoms with Crippen molar-refractivity contribution in [3.8, 4) is 28.7 Å². The fourth-order valence-electron chi connectivity index (χ4n) is 8.35. The molecule has 1 fully saturated rings. The van der Waals surface area contributed by atoms with E-state index < -0.39 is 73.5 Å². The molecule has 9 N–H and O–H groups in total. The Bertz CT molecular complexity index is 2200. The van der Waals surface area contributed by atoms with Gasteiger partial charge in [-0.1, -0.05) is 36.4 Å². The van der Waals surface area contributed by atoms with E-state index >= 15 is 0 Å². The maximum atomic E-state index is 12.3. The van der Waals surface area contributed by atoms with Crippen LogP contribution in [0.3, 0.4) is 0 Å². The third-order valence-electron chi connectivity index (χ3n) is 11.0. The molecule has 5 heterocycles. The van der Waals surface area contributed by atoms with E-state index in [-0.39, 0.29) is 24.9 Å². The molecule has 3 aromatic carbocycles. The summed E-state index contributed by atoms with van der Waals surface area (Å²) in [5.41, 5.74) is 16.9. The molecule has 0 unspecified atom stereocenters. The minimum Gasteiger partial charge on any atom is -0.493 e. The minimum absolute atomic E-state index is 0.00431. The number of allylic oxidation sites excluding steroid dienone is 1. The maximum absolute atomic E-state index is 12.3. The molecule has 0 bridgehead atoms. The number of carbonyl (C=O) groups excluding carboxylic acids is 1. The van der Waals surface area contributed by atoms with Gasteiger partial charge in [0.2, 0.25) is 12.0 Å². The first-order valence-corrected chi connectivity index (χ1v) is 19.4. The van der Waals surface area contributed by atoms with E-state index in [2.05, 4.69) is 9.89 Å². The number of hydrogen-bond donors (Lipinski definition) is 7. The zero-order valence-corrected chi connectivity index (χ0v) is 32.4. The van der Waals surface area contributed by atoms with Crippen LogP contribution in [0, 0.1) is 0 Å². The average Bonchev–Trinajstić information content (AvgIpc) is 3.93. The highest BCUT2D eigenvalue weighted by atomic mass is 16.7. The Kier molecular flexibility index (Phi) is 11.7. The van der Waals surface area contributed by atoms with E-state index in [9.17, 15) is 30.0 Å². The number of carboxylic acids is 1. The molecular formula is C42H46N4O14. The Labute approximate surface area is 343 Å². The van der Waals surface area contributed by atoms with Gasteiger partial charge >= 0.3 is 11.9 Å². The van der Waals surface area contributed by atoms with Gasteiger partial charge in [-0.05, 0) is 29.3 Å². The summed E-state index contributed by atoms with van der Waals surface area (Å²) in [7, 11) is 1.52. The number of benzene rings is 3. The van der Waals surface area contributed by atoms with Gasteiger partial charge in [-0.2, -0.15) is 0 Å². The van der Waals surface area contributed by atoms with Gasteiger partial charge in [-0.3, -0.25) is 14.6 Å². The number of aliphatic carboxylic acids is 1. The summed E-state index contributed by atoms with van der Waals surface area (Å²) < 4.78 is 42.9. The van der Waals surface area contributed by atoms with Gasteiger partial charge in [0.1, 0.15) is 61.2 Å². The Morgan fingerprint density at radius 1 is 1.03 bits per heavy atom. The number of fused-ring (bicyclic) bond motifs is 6. The first-order valence-electron chi connectivity index (χ1n) is 19.4.